The molecule has 0 aromatic rings. The lowest BCUT2D eigenvalue weighted by Gasteiger charge is -1.82. The lowest BCUT2D eigenvalue weighted by Crippen LogP contribution is -1.66. The predicted molar refractivity (Wildman–Crippen MR) is 15.4 cm³/mol. The molecule has 0 unspecified atom stereocenters. The highest BCUT2D eigenvalue weighted by molar-refractivity contribution is 7.45. The average Bonchev–Trinajstić information content (AvgIpc) is 0.722. The minimum Gasteiger partial charge on any atom is -0.303 e. The minimum atomic E-state index is -4.64. The fraction of sp³-hybridized carbons (Fsp3) is 0. The summed E-state index contributed by atoms with van der Waals surface area (Å²) in [7, 11) is -4.64. The Morgan fingerprint density at radius 1 is 1.40 bits per heavy atom. The van der Waals surface area contributed by atoms with E-state index in [0.29, 0.717) is 0 Å². The Bertz CT molecular complexity index is 53.7. The number of hydrogen-bond donors (Lipinski definition) is 3. The minimum absolute atomic E-state index is 0. The van der Waals surface area contributed by atoms with Crippen LogP contribution in [0, 0.1) is 0 Å². The number of phosphoric acid groups is 1. The maximum atomic E-state index is 8.88. The van der Waals surface area contributed by atoms with Gasteiger partial charge in [-0.15, -0.1) is 0 Å². The van der Waals surface area contributed by atoms with Gasteiger partial charge in [0.25, 0.3) is 0 Å². The zero-order valence-corrected chi connectivity index (χ0v) is 3.09. The highest BCUT2D eigenvalue weighted by atomic mass is 31.2. The van der Waals surface area contributed by atoms with Gasteiger partial charge in [-0.25, -0.2) is 4.57 Å². The highest BCUT2D eigenvalue weighted by Crippen LogP contribution is 2.25. The number of hydrogen-bond acceptors (Lipinski definition) is 1. The van der Waals surface area contributed by atoms with Crippen LogP contribution in [-0.2, 0) is 4.57 Å². The zero-order valence-electron chi connectivity index (χ0n) is 3.20. The first kappa shape index (κ1) is 5.11. The second-order valence-corrected chi connectivity index (χ2v) is 1.54. The van der Waals surface area contributed by atoms with Crippen molar-refractivity contribution in [2.24, 2.45) is 0 Å². The smallest absolute Gasteiger partial charge is 0.303 e. The summed E-state index contributed by atoms with van der Waals surface area (Å²) in [5, 5.41) is 0. The van der Waals surface area contributed by atoms with E-state index in [0.717, 1.165) is 0 Å². The second kappa shape index (κ2) is 1.06. The largest absolute Gasteiger partial charge is 0.466 e. The molecular weight excluding hydrogens is 95.0 g/mol. The number of rotatable bonds is 0. The Labute approximate surface area is 29.8 Å². The van der Waals surface area contributed by atoms with Gasteiger partial charge in [0.2, 0.25) is 0 Å². The van der Waals surface area contributed by atoms with Crippen molar-refractivity contribution >= 4 is 7.82 Å². The van der Waals surface area contributed by atoms with Crippen LogP contribution in [0.5, 0.6) is 0 Å². The third kappa shape index (κ3) is 1510. The van der Waals surface area contributed by atoms with Gasteiger partial charge in [0, 0.05) is 1.43 Å². The van der Waals surface area contributed by atoms with Gasteiger partial charge in [0.1, 0.15) is 0 Å². The molecule has 5 heteroatoms. The molecule has 0 amide bonds. The van der Waals surface area contributed by atoms with Gasteiger partial charge < -0.3 is 14.7 Å². The van der Waals surface area contributed by atoms with Crippen LogP contribution < -0.4 is 0 Å². The van der Waals surface area contributed by atoms with Crippen molar-refractivity contribution in [2.75, 3.05) is 0 Å². The molecule has 0 saturated carbocycles. The molecule has 0 heterocycles. The molecule has 3 N–H and O–H groups in total. The molecule has 1 radical (unpaired) electrons. The van der Waals surface area contributed by atoms with Crippen molar-refractivity contribution in [1.29, 1.82) is 0 Å². The first-order valence-electron chi connectivity index (χ1n) is 0.783. The quantitative estimate of drug-likeness (QED) is 0.347. The first-order valence-corrected chi connectivity index (χ1v) is 2.35. The molecule has 33 valence electrons. The van der Waals surface area contributed by atoms with Gasteiger partial charge in [-0.2, -0.15) is 0 Å². The van der Waals surface area contributed by atoms with Crippen molar-refractivity contribution in [2.45, 2.75) is 0 Å². The van der Waals surface area contributed by atoms with Crippen molar-refractivity contribution in [3.63, 3.8) is 0 Å². The summed E-state index contributed by atoms with van der Waals surface area (Å²) in [6.45, 7) is 0. The van der Waals surface area contributed by atoms with Crippen LogP contribution in [-0.4, -0.2) is 14.7 Å². The molecule has 0 fully saturated rings. The molecule has 5 heavy (non-hydrogen) atoms. The van der Waals surface area contributed by atoms with Crippen molar-refractivity contribution in [3.05, 3.63) is 0 Å². The zero-order chi connectivity index (χ0) is 4.50. The monoisotopic (exact) mass is 99.0 g/mol. The second-order valence-electron chi connectivity index (χ2n) is 0.513. The Balaban J connectivity index is 0. The van der Waals surface area contributed by atoms with E-state index in [4.69, 9.17) is 19.2 Å². The van der Waals surface area contributed by atoms with Crippen LogP contribution in [0.15, 0.2) is 0 Å². The summed E-state index contributed by atoms with van der Waals surface area (Å²) in [4.78, 5) is 21.6. The summed E-state index contributed by atoms with van der Waals surface area (Å²) >= 11 is 0. The summed E-state index contributed by atoms with van der Waals surface area (Å²) in [5.74, 6) is 0. The standard InChI is InChI=1S/H3O4P.H/c1-5(2,3)4;/h(H3,1,2,3,4);. The van der Waals surface area contributed by atoms with E-state index in [2.05, 4.69) is 0 Å². The summed E-state index contributed by atoms with van der Waals surface area (Å²) < 4.78 is 8.88. The average molecular weight is 99.0 g/mol. The van der Waals surface area contributed by atoms with Gasteiger partial charge in [0.15, 0.2) is 0 Å². The SMILES string of the molecule is O=P(O)(O)O.[H]. The third-order valence-electron chi connectivity index (χ3n) is 0. The van der Waals surface area contributed by atoms with Crippen molar-refractivity contribution in [3.8, 4) is 0 Å². The van der Waals surface area contributed by atoms with Crippen molar-refractivity contribution < 1.29 is 20.7 Å². The normalized spacial score (nSPS) is 11.8. The Morgan fingerprint density at radius 2 is 1.40 bits per heavy atom. The van der Waals surface area contributed by atoms with Gasteiger partial charge in [-0.1, -0.05) is 0 Å². The molecule has 0 atom stereocenters. The maximum Gasteiger partial charge on any atom is 0.466 e. The molecule has 0 aromatic carbocycles. The molecule has 0 saturated heterocycles. The molecule has 0 aromatic heterocycles. The lowest BCUT2D eigenvalue weighted by atomic mass is 15.8. The molecule has 0 bridgehead atoms. The molecule has 0 aliphatic carbocycles. The van der Waals surface area contributed by atoms with Crippen LogP contribution in [0.3, 0.4) is 0 Å². The van der Waals surface area contributed by atoms with Gasteiger partial charge in [0.05, 0.1) is 0 Å². The van der Waals surface area contributed by atoms with E-state index in [1.807, 2.05) is 0 Å². The van der Waals surface area contributed by atoms with Crippen LogP contribution in [0.4, 0.5) is 0 Å². The Morgan fingerprint density at radius 3 is 1.40 bits per heavy atom. The summed E-state index contributed by atoms with van der Waals surface area (Å²) in [6, 6.07) is 0. The van der Waals surface area contributed by atoms with Crippen LogP contribution in [0.1, 0.15) is 1.43 Å². The first-order chi connectivity index (χ1) is 2.00. The predicted octanol–water partition coefficient (Wildman–Crippen LogP) is -0.816. The maximum absolute atomic E-state index is 8.88. The third-order valence-corrected chi connectivity index (χ3v) is 0. The van der Waals surface area contributed by atoms with E-state index in [-0.39, 0.29) is 1.43 Å². The van der Waals surface area contributed by atoms with E-state index >= 15 is 0 Å². The van der Waals surface area contributed by atoms with Gasteiger partial charge in [-0.05, 0) is 0 Å². The van der Waals surface area contributed by atoms with Gasteiger partial charge in [-0.3, -0.25) is 0 Å². The fourth-order valence-electron chi connectivity index (χ4n) is 0. The molecule has 0 aliphatic rings. The van der Waals surface area contributed by atoms with E-state index in [9.17, 15) is 0 Å². The molecule has 0 spiro atoms. The topological polar surface area (TPSA) is 77.8 Å². The molecule has 0 rings (SSSR count). The Hall–Kier alpha value is 0.110. The van der Waals surface area contributed by atoms with E-state index in [1.54, 1.807) is 0 Å². The molecule has 4 nitrogen and oxygen atoms in total. The lowest BCUT2D eigenvalue weighted by molar-refractivity contribution is 0.275. The summed E-state index contributed by atoms with van der Waals surface area (Å²) in [5.41, 5.74) is 0. The molecular formula is H4O4P. The van der Waals surface area contributed by atoms with E-state index < -0.39 is 7.82 Å². The Kier molecular flexibility index (Phi) is 1.09. The summed E-state index contributed by atoms with van der Waals surface area (Å²) in [6.07, 6.45) is 0. The fourth-order valence-corrected chi connectivity index (χ4v) is 0. The van der Waals surface area contributed by atoms with Crippen LogP contribution >= 0.6 is 7.82 Å². The van der Waals surface area contributed by atoms with Crippen molar-refractivity contribution in [1.82, 2.24) is 0 Å². The molecule has 0 aliphatic heterocycles. The van der Waals surface area contributed by atoms with Gasteiger partial charge >= 0.3 is 7.82 Å². The van der Waals surface area contributed by atoms with Crippen LogP contribution in [0.25, 0.3) is 0 Å². The highest BCUT2D eigenvalue weighted by Gasteiger charge is 2.00. The van der Waals surface area contributed by atoms with E-state index in [1.165, 1.54) is 0 Å². The van der Waals surface area contributed by atoms with Crippen LogP contribution in [0.2, 0.25) is 0 Å².